The summed E-state index contributed by atoms with van der Waals surface area (Å²) >= 11 is 0. The lowest BCUT2D eigenvalue weighted by atomic mass is 9.95. The molecular formula is C16H20FNO3. The number of amides is 1. The highest BCUT2D eigenvalue weighted by Crippen LogP contribution is 2.39. The molecular weight excluding hydrogens is 273 g/mol. The van der Waals surface area contributed by atoms with E-state index in [1.807, 2.05) is 6.92 Å². The Balaban J connectivity index is 2.15. The van der Waals surface area contributed by atoms with Gasteiger partial charge in [-0.15, -0.1) is 0 Å². The van der Waals surface area contributed by atoms with Crippen molar-refractivity contribution >= 4 is 17.6 Å². The van der Waals surface area contributed by atoms with Crippen molar-refractivity contribution in [3.8, 4) is 0 Å². The predicted octanol–water partition coefficient (Wildman–Crippen LogP) is 3.21. The van der Waals surface area contributed by atoms with Gasteiger partial charge in [0, 0.05) is 11.3 Å². The molecule has 4 nitrogen and oxygen atoms in total. The number of carboxylic acid groups (broad SMARTS) is 1. The van der Waals surface area contributed by atoms with E-state index in [2.05, 4.69) is 5.32 Å². The Morgan fingerprint density at radius 1 is 1.33 bits per heavy atom. The van der Waals surface area contributed by atoms with Gasteiger partial charge in [0.15, 0.2) is 0 Å². The number of halogens is 1. The lowest BCUT2D eigenvalue weighted by Gasteiger charge is -2.16. The first-order chi connectivity index (χ1) is 9.93. The Morgan fingerprint density at radius 3 is 2.62 bits per heavy atom. The number of carbonyl (C=O) groups excluding carboxylic acids is 1. The maximum absolute atomic E-state index is 13.5. The summed E-state index contributed by atoms with van der Waals surface area (Å²) in [4.78, 5) is 23.7. The van der Waals surface area contributed by atoms with E-state index in [1.165, 1.54) is 12.1 Å². The van der Waals surface area contributed by atoms with Crippen LogP contribution >= 0.6 is 0 Å². The fourth-order valence-electron chi connectivity index (χ4n) is 3.01. The van der Waals surface area contributed by atoms with Gasteiger partial charge in [-0.25, -0.2) is 4.39 Å². The summed E-state index contributed by atoms with van der Waals surface area (Å²) in [5, 5.41) is 12.0. The van der Waals surface area contributed by atoms with Gasteiger partial charge in [0.05, 0.1) is 11.8 Å². The smallest absolute Gasteiger partial charge is 0.307 e. The molecule has 1 fully saturated rings. The zero-order chi connectivity index (χ0) is 15.6. The average Bonchev–Trinajstić information content (AvgIpc) is 2.88. The Kier molecular flexibility index (Phi) is 4.60. The van der Waals surface area contributed by atoms with Crippen LogP contribution in [0.4, 0.5) is 10.1 Å². The summed E-state index contributed by atoms with van der Waals surface area (Å²) in [7, 11) is 0. The molecule has 114 valence electrons. The molecule has 3 unspecified atom stereocenters. The van der Waals surface area contributed by atoms with Crippen molar-refractivity contribution in [2.75, 3.05) is 5.32 Å². The third-order valence-corrected chi connectivity index (χ3v) is 4.42. The fourth-order valence-corrected chi connectivity index (χ4v) is 3.01. The van der Waals surface area contributed by atoms with Crippen molar-refractivity contribution in [2.24, 2.45) is 17.8 Å². The minimum Gasteiger partial charge on any atom is -0.481 e. The van der Waals surface area contributed by atoms with Crippen molar-refractivity contribution in [3.63, 3.8) is 0 Å². The highest BCUT2D eigenvalue weighted by atomic mass is 19.1. The molecule has 1 aliphatic rings. The van der Waals surface area contributed by atoms with Crippen LogP contribution in [0.2, 0.25) is 0 Å². The predicted molar refractivity (Wildman–Crippen MR) is 77.4 cm³/mol. The molecule has 2 N–H and O–H groups in total. The first kappa shape index (κ1) is 15.5. The van der Waals surface area contributed by atoms with E-state index in [0.717, 1.165) is 6.42 Å². The van der Waals surface area contributed by atoms with Gasteiger partial charge in [-0.3, -0.25) is 9.59 Å². The lowest BCUT2D eigenvalue weighted by molar-refractivity contribution is -0.145. The van der Waals surface area contributed by atoms with E-state index in [9.17, 15) is 19.1 Å². The van der Waals surface area contributed by atoms with Crippen LogP contribution in [-0.2, 0) is 9.59 Å². The number of benzene rings is 1. The normalized spacial score (nSPS) is 24.8. The second kappa shape index (κ2) is 6.24. The number of carboxylic acids is 1. The molecule has 0 aromatic heterocycles. The van der Waals surface area contributed by atoms with Crippen molar-refractivity contribution in [1.29, 1.82) is 0 Å². The van der Waals surface area contributed by atoms with Crippen LogP contribution in [-0.4, -0.2) is 17.0 Å². The third-order valence-electron chi connectivity index (χ3n) is 4.42. The van der Waals surface area contributed by atoms with Crippen LogP contribution in [0.25, 0.3) is 0 Å². The number of aliphatic carboxylic acids is 1. The van der Waals surface area contributed by atoms with Gasteiger partial charge < -0.3 is 10.4 Å². The molecule has 1 aromatic rings. The molecule has 0 heterocycles. The SMILES string of the molecule is CCC1CC(C(=O)O)C(C(=O)Nc2cccc(F)c2C)C1. The van der Waals surface area contributed by atoms with Crippen molar-refractivity contribution in [1.82, 2.24) is 0 Å². The monoisotopic (exact) mass is 293 g/mol. The van der Waals surface area contributed by atoms with E-state index in [4.69, 9.17) is 0 Å². The highest BCUT2D eigenvalue weighted by Gasteiger charge is 2.42. The van der Waals surface area contributed by atoms with Gasteiger partial charge in [-0.05, 0) is 37.8 Å². The molecule has 0 spiro atoms. The molecule has 2 rings (SSSR count). The molecule has 0 radical (unpaired) electrons. The number of anilines is 1. The molecule has 1 amide bonds. The number of rotatable bonds is 4. The zero-order valence-electron chi connectivity index (χ0n) is 12.2. The molecule has 0 saturated heterocycles. The van der Waals surface area contributed by atoms with Gasteiger partial charge in [-0.1, -0.05) is 19.4 Å². The number of nitrogens with one attached hydrogen (secondary N) is 1. The molecule has 3 atom stereocenters. The summed E-state index contributed by atoms with van der Waals surface area (Å²) in [5.41, 5.74) is 0.770. The van der Waals surface area contributed by atoms with Crippen LogP contribution in [0.1, 0.15) is 31.7 Å². The molecule has 1 saturated carbocycles. The van der Waals surface area contributed by atoms with E-state index in [0.29, 0.717) is 24.1 Å². The van der Waals surface area contributed by atoms with Gasteiger partial charge in [0.1, 0.15) is 5.82 Å². The minimum absolute atomic E-state index is 0.260. The van der Waals surface area contributed by atoms with Gasteiger partial charge >= 0.3 is 5.97 Å². The second-order valence-electron chi connectivity index (χ2n) is 5.70. The standard InChI is InChI=1S/C16H20FNO3/c1-3-10-7-11(12(8-10)16(20)21)15(19)18-14-6-4-5-13(17)9(14)2/h4-6,10-12H,3,7-8H2,1-2H3,(H,18,19)(H,20,21). The van der Waals surface area contributed by atoms with Crippen LogP contribution in [0.5, 0.6) is 0 Å². The van der Waals surface area contributed by atoms with Crippen LogP contribution in [0, 0.1) is 30.5 Å². The first-order valence-corrected chi connectivity index (χ1v) is 7.22. The Bertz CT molecular complexity index is 558. The molecule has 1 aromatic carbocycles. The highest BCUT2D eigenvalue weighted by molar-refractivity contribution is 5.96. The average molecular weight is 293 g/mol. The number of hydrogen-bond donors (Lipinski definition) is 2. The summed E-state index contributed by atoms with van der Waals surface area (Å²) in [6.07, 6.45) is 1.98. The quantitative estimate of drug-likeness (QED) is 0.895. The number of hydrogen-bond acceptors (Lipinski definition) is 2. The summed E-state index contributed by atoms with van der Waals surface area (Å²) < 4.78 is 13.5. The van der Waals surface area contributed by atoms with E-state index >= 15 is 0 Å². The maximum atomic E-state index is 13.5. The van der Waals surface area contributed by atoms with Gasteiger partial charge in [-0.2, -0.15) is 0 Å². The largest absolute Gasteiger partial charge is 0.481 e. The lowest BCUT2D eigenvalue weighted by Crippen LogP contribution is -2.30. The van der Waals surface area contributed by atoms with Gasteiger partial charge in [0.2, 0.25) is 5.91 Å². The number of carbonyl (C=O) groups is 2. The van der Waals surface area contributed by atoms with Gasteiger partial charge in [0.25, 0.3) is 0 Å². The van der Waals surface area contributed by atoms with E-state index in [-0.39, 0.29) is 17.6 Å². The van der Waals surface area contributed by atoms with Crippen molar-refractivity contribution < 1.29 is 19.1 Å². The zero-order valence-corrected chi connectivity index (χ0v) is 12.2. The first-order valence-electron chi connectivity index (χ1n) is 7.22. The topological polar surface area (TPSA) is 66.4 Å². The Hall–Kier alpha value is -1.91. The Morgan fingerprint density at radius 2 is 2.00 bits per heavy atom. The van der Waals surface area contributed by atoms with Crippen LogP contribution in [0.15, 0.2) is 18.2 Å². The van der Waals surface area contributed by atoms with Crippen molar-refractivity contribution in [3.05, 3.63) is 29.6 Å². The third kappa shape index (κ3) is 3.23. The van der Waals surface area contributed by atoms with Crippen LogP contribution in [0.3, 0.4) is 0 Å². The van der Waals surface area contributed by atoms with Crippen molar-refractivity contribution in [2.45, 2.75) is 33.1 Å². The molecule has 0 bridgehead atoms. The van der Waals surface area contributed by atoms with E-state index in [1.54, 1.807) is 13.0 Å². The molecule has 5 heteroatoms. The second-order valence-corrected chi connectivity index (χ2v) is 5.70. The molecule has 0 aliphatic heterocycles. The molecule has 21 heavy (non-hydrogen) atoms. The molecule has 1 aliphatic carbocycles. The van der Waals surface area contributed by atoms with Crippen LogP contribution < -0.4 is 5.32 Å². The fraction of sp³-hybridized carbons (Fsp3) is 0.500. The van der Waals surface area contributed by atoms with E-state index < -0.39 is 17.8 Å². The maximum Gasteiger partial charge on any atom is 0.307 e. The minimum atomic E-state index is -0.929. The Labute approximate surface area is 123 Å². The summed E-state index contributed by atoms with van der Waals surface area (Å²) in [6.45, 7) is 3.59. The summed E-state index contributed by atoms with van der Waals surface area (Å²) in [5.74, 6) is -2.58. The summed E-state index contributed by atoms with van der Waals surface area (Å²) in [6, 6.07) is 4.47.